The summed E-state index contributed by atoms with van der Waals surface area (Å²) in [5, 5.41) is 0.850. The van der Waals surface area contributed by atoms with E-state index in [4.69, 9.17) is 17.3 Å². The third-order valence-corrected chi connectivity index (χ3v) is 2.98. The number of benzene rings is 1. The molecule has 78 valence electrons. The SMILES string of the molecule is Cc1cccc(Cl)c1C(C)(C)CCN. The second-order valence-corrected chi connectivity index (χ2v) is 4.76. The summed E-state index contributed by atoms with van der Waals surface area (Å²) < 4.78 is 0. The smallest absolute Gasteiger partial charge is 0.0446 e. The second kappa shape index (κ2) is 4.33. The van der Waals surface area contributed by atoms with Gasteiger partial charge < -0.3 is 5.73 Å². The first-order chi connectivity index (χ1) is 6.49. The molecule has 2 N–H and O–H groups in total. The second-order valence-electron chi connectivity index (χ2n) is 4.35. The van der Waals surface area contributed by atoms with E-state index in [1.54, 1.807) is 0 Å². The van der Waals surface area contributed by atoms with Crippen LogP contribution in [0, 0.1) is 6.92 Å². The Morgan fingerprint density at radius 3 is 2.50 bits per heavy atom. The molecule has 0 saturated heterocycles. The Morgan fingerprint density at radius 1 is 1.36 bits per heavy atom. The maximum Gasteiger partial charge on any atom is 0.0446 e. The van der Waals surface area contributed by atoms with Crippen molar-refractivity contribution in [1.29, 1.82) is 0 Å². The summed E-state index contributed by atoms with van der Waals surface area (Å²) in [6.07, 6.45) is 0.956. The largest absolute Gasteiger partial charge is 0.330 e. The van der Waals surface area contributed by atoms with Gasteiger partial charge in [-0.1, -0.05) is 37.6 Å². The fourth-order valence-corrected chi connectivity index (χ4v) is 2.45. The molecule has 0 fully saturated rings. The van der Waals surface area contributed by atoms with Gasteiger partial charge in [0.15, 0.2) is 0 Å². The van der Waals surface area contributed by atoms with Crippen LogP contribution in [0.15, 0.2) is 18.2 Å². The van der Waals surface area contributed by atoms with E-state index < -0.39 is 0 Å². The van der Waals surface area contributed by atoms with Crippen molar-refractivity contribution in [3.05, 3.63) is 34.3 Å². The summed E-state index contributed by atoms with van der Waals surface area (Å²) in [6.45, 7) is 7.17. The minimum atomic E-state index is 0.0666. The van der Waals surface area contributed by atoms with Gasteiger partial charge in [0, 0.05) is 5.02 Å². The third kappa shape index (κ3) is 2.28. The van der Waals surface area contributed by atoms with Gasteiger partial charge in [0.2, 0.25) is 0 Å². The number of rotatable bonds is 3. The van der Waals surface area contributed by atoms with E-state index in [0.29, 0.717) is 6.54 Å². The molecule has 0 bridgehead atoms. The van der Waals surface area contributed by atoms with E-state index in [1.807, 2.05) is 12.1 Å². The molecular formula is C12H18ClN. The summed E-state index contributed by atoms with van der Waals surface area (Å²) in [5.41, 5.74) is 8.15. The van der Waals surface area contributed by atoms with Crippen LogP contribution < -0.4 is 5.73 Å². The van der Waals surface area contributed by atoms with Gasteiger partial charge >= 0.3 is 0 Å². The lowest BCUT2D eigenvalue weighted by Crippen LogP contribution is -2.23. The molecule has 1 aromatic rings. The van der Waals surface area contributed by atoms with Gasteiger partial charge in [0.05, 0.1) is 0 Å². The lowest BCUT2D eigenvalue weighted by atomic mass is 9.79. The van der Waals surface area contributed by atoms with Gasteiger partial charge in [-0.15, -0.1) is 0 Å². The van der Waals surface area contributed by atoms with Crippen molar-refractivity contribution in [2.75, 3.05) is 6.54 Å². The molecule has 0 unspecified atom stereocenters. The summed E-state index contributed by atoms with van der Waals surface area (Å²) in [4.78, 5) is 0. The average Bonchev–Trinajstić information content (AvgIpc) is 2.02. The summed E-state index contributed by atoms with van der Waals surface area (Å²) in [7, 11) is 0. The Hall–Kier alpha value is -0.530. The molecule has 0 atom stereocenters. The van der Waals surface area contributed by atoms with Crippen molar-refractivity contribution in [1.82, 2.24) is 0 Å². The zero-order valence-corrected chi connectivity index (χ0v) is 9.86. The first-order valence-electron chi connectivity index (χ1n) is 4.94. The van der Waals surface area contributed by atoms with Crippen LogP contribution in [0.25, 0.3) is 0 Å². The predicted octanol–water partition coefficient (Wildman–Crippen LogP) is 3.27. The monoisotopic (exact) mass is 211 g/mol. The molecule has 1 nitrogen and oxygen atoms in total. The van der Waals surface area contributed by atoms with Gasteiger partial charge in [-0.05, 0) is 42.5 Å². The van der Waals surface area contributed by atoms with Gasteiger partial charge in [0.25, 0.3) is 0 Å². The molecule has 2 heteroatoms. The highest BCUT2D eigenvalue weighted by atomic mass is 35.5. The summed E-state index contributed by atoms with van der Waals surface area (Å²) >= 11 is 6.21. The molecule has 1 aromatic carbocycles. The fourth-order valence-electron chi connectivity index (χ4n) is 1.97. The third-order valence-electron chi connectivity index (χ3n) is 2.67. The van der Waals surface area contributed by atoms with Crippen LogP contribution in [0.4, 0.5) is 0 Å². The topological polar surface area (TPSA) is 26.0 Å². The maximum atomic E-state index is 6.21. The average molecular weight is 212 g/mol. The molecule has 0 saturated carbocycles. The van der Waals surface area contributed by atoms with Gasteiger partial charge in [-0.25, -0.2) is 0 Å². The number of hydrogen-bond donors (Lipinski definition) is 1. The molecule has 0 amide bonds. The Kier molecular flexibility index (Phi) is 3.57. The predicted molar refractivity (Wildman–Crippen MR) is 62.9 cm³/mol. The molecule has 0 radical (unpaired) electrons. The zero-order valence-electron chi connectivity index (χ0n) is 9.10. The Labute approximate surface area is 91.3 Å². The van der Waals surface area contributed by atoms with Crippen molar-refractivity contribution in [2.45, 2.75) is 32.6 Å². The standard InChI is InChI=1S/C12H18ClN/c1-9-5-4-6-10(13)11(9)12(2,3)7-8-14/h4-6H,7-8,14H2,1-3H3. The van der Waals surface area contributed by atoms with Crippen molar-refractivity contribution >= 4 is 11.6 Å². The molecule has 0 heterocycles. The molecule has 0 spiro atoms. The molecule has 0 aliphatic heterocycles. The Balaban J connectivity index is 3.17. The van der Waals surface area contributed by atoms with Crippen LogP contribution in [0.2, 0.25) is 5.02 Å². The van der Waals surface area contributed by atoms with Crippen LogP contribution in [0.3, 0.4) is 0 Å². The number of aryl methyl sites for hydroxylation is 1. The molecule has 14 heavy (non-hydrogen) atoms. The lowest BCUT2D eigenvalue weighted by molar-refractivity contribution is 0.485. The zero-order chi connectivity index (χ0) is 10.8. The highest BCUT2D eigenvalue weighted by Crippen LogP contribution is 2.34. The first-order valence-corrected chi connectivity index (χ1v) is 5.32. The van der Waals surface area contributed by atoms with E-state index in [2.05, 4.69) is 26.8 Å². The van der Waals surface area contributed by atoms with Crippen molar-refractivity contribution < 1.29 is 0 Å². The van der Waals surface area contributed by atoms with Crippen molar-refractivity contribution in [3.63, 3.8) is 0 Å². The van der Waals surface area contributed by atoms with E-state index >= 15 is 0 Å². The van der Waals surface area contributed by atoms with E-state index in [1.165, 1.54) is 11.1 Å². The van der Waals surface area contributed by atoms with E-state index in [0.717, 1.165) is 11.4 Å². The van der Waals surface area contributed by atoms with E-state index in [-0.39, 0.29) is 5.41 Å². The quantitative estimate of drug-likeness (QED) is 0.816. The number of halogens is 1. The van der Waals surface area contributed by atoms with Crippen LogP contribution >= 0.6 is 11.6 Å². The highest BCUT2D eigenvalue weighted by molar-refractivity contribution is 6.31. The molecule has 0 aliphatic rings. The summed E-state index contributed by atoms with van der Waals surface area (Å²) in [6, 6.07) is 6.03. The molecule has 0 aromatic heterocycles. The Bertz CT molecular complexity index is 298. The lowest BCUT2D eigenvalue weighted by Gasteiger charge is -2.27. The maximum absolute atomic E-state index is 6.21. The van der Waals surface area contributed by atoms with Gasteiger partial charge in [-0.3, -0.25) is 0 Å². The fraction of sp³-hybridized carbons (Fsp3) is 0.500. The van der Waals surface area contributed by atoms with Crippen molar-refractivity contribution in [2.24, 2.45) is 5.73 Å². The minimum absolute atomic E-state index is 0.0666. The number of nitrogens with two attached hydrogens (primary N) is 1. The van der Waals surface area contributed by atoms with Gasteiger partial charge in [-0.2, -0.15) is 0 Å². The molecule has 1 rings (SSSR count). The Morgan fingerprint density at radius 2 is 2.00 bits per heavy atom. The minimum Gasteiger partial charge on any atom is -0.330 e. The van der Waals surface area contributed by atoms with Gasteiger partial charge in [0.1, 0.15) is 0 Å². The van der Waals surface area contributed by atoms with E-state index in [9.17, 15) is 0 Å². The normalized spacial score (nSPS) is 11.8. The molecular weight excluding hydrogens is 194 g/mol. The van der Waals surface area contributed by atoms with Crippen LogP contribution in [0.5, 0.6) is 0 Å². The van der Waals surface area contributed by atoms with Crippen molar-refractivity contribution in [3.8, 4) is 0 Å². The van der Waals surface area contributed by atoms with Crippen LogP contribution in [-0.4, -0.2) is 6.54 Å². The summed E-state index contributed by atoms with van der Waals surface area (Å²) in [5.74, 6) is 0. The number of hydrogen-bond acceptors (Lipinski definition) is 1. The highest BCUT2D eigenvalue weighted by Gasteiger charge is 2.23. The molecule has 0 aliphatic carbocycles. The first kappa shape index (κ1) is 11.5. The van der Waals surface area contributed by atoms with Crippen LogP contribution in [0.1, 0.15) is 31.4 Å². The van der Waals surface area contributed by atoms with Crippen LogP contribution in [-0.2, 0) is 5.41 Å².